The summed E-state index contributed by atoms with van der Waals surface area (Å²) in [4.78, 5) is 29.2. The molecule has 4 aromatic carbocycles. The van der Waals surface area contributed by atoms with Crippen LogP contribution in [-0.4, -0.2) is 65.7 Å². The van der Waals surface area contributed by atoms with Gasteiger partial charge in [0.1, 0.15) is 10.9 Å². The third kappa shape index (κ3) is 13.9. The van der Waals surface area contributed by atoms with Gasteiger partial charge in [-0.25, -0.2) is 0 Å². The van der Waals surface area contributed by atoms with E-state index in [0.717, 1.165) is 69.1 Å². The van der Waals surface area contributed by atoms with Crippen molar-refractivity contribution in [3.05, 3.63) is 125 Å². The topological polar surface area (TPSA) is 120 Å². The second-order valence-electron chi connectivity index (χ2n) is 14.2. The van der Waals surface area contributed by atoms with E-state index in [0.29, 0.717) is 4.91 Å². The Balaban J connectivity index is 1.26. The Bertz CT molecular complexity index is 2130. The highest BCUT2D eigenvalue weighted by molar-refractivity contribution is 8.26. The number of hydrogen-bond donors (Lipinski definition) is 1. The van der Waals surface area contributed by atoms with Gasteiger partial charge in [-0.3, -0.25) is 24.1 Å². The standard InChI is InChI=1S/C45H52N4O6S3/c1-3-4-5-6-7-8-9-13-29-48(38-15-11-10-12-16-38)46-33-37-21-27-41(28-22-37)49(39-23-17-35(2)18-24-39)40-25-19-36(20-26-40)32-42-44(51)47(45(56)57-42)34-43(50)55-30-14-31-58(52,53)54/h10-12,15-28,32-33H,3-9,13-14,29-31,34H2,1-2H3,(H,52,53,54)/b42-32+,46-33+. The molecule has 4 aromatic rings. The summed E-state index contributed by atoms with van der Waals surface area (Å²) in [5.41, 5.74) is 6.89. The van der Waals surface area contributed by atoms with Crippen molar-refractivity contribution in [3.8, 4) is 0 Å². The zero-order valence-electron chi connectivity index (χ0n) is 33.2. The van der Waals surface area contributed by atoms with Gasteiger partial charge in [0, 0.05) is 23.6 Å². The predicted octanol–water partition coefficient (Wildman–Crippen LogP) is 10.5. The molecule has 1 aliphatic rings. The van der Waals surface area contributed by atoms with Crippen molar-refractivity contribution in [2.24, 2.45) is 5.10 Å². The number of ether oxygens (including phenoxy) is 1. The van der Waals surface area contributed by atoms with Crippen LogP contribution >= 0.6 is 24.0 Å². The summed E-state index contributed by atoms with van der Waals surface area (Å²) < 4.78 is 35.9. The molecule has 0 aromatic heterocycles. The smallest absolute Gasteiger partial charge is 0.326 e. The number of aryl methyl sites for hydroxylation is 1. The molecule has 1 aliphatic heterocycles. The van der Waals surface area contributed by atoms with E-state index >= 15 is 0 Å². The lowest BCUT2D eigenvalue weighted by Gasteiger charge is -2.26. The molecule has 0 spiro atoms. The first kappa shape index (κ1) is 44.3. The molecule has 1 saturated heterocycles. The SMILES string of the molecule is CCCCCCCCCCN(/N=C/c1ccc(N(c2ccc(C)cc2)c2ccc(/C=C3/SC(=S)N(CC(=O)OCCCS(=O)(=O)O)C3=O)cc2)cc1)c1ccccc1. The number of nitrogens with zero attached hydrogens (tertiary/aromatic N) is 4. The van der Waals surface area contributed by atoms with Crippen LogP contribution in [0.15, 0.2) is 113 Å². The van der Waals surface area contributed by atoms with E-state index < -0.39 is 34.3 Å². The molecule has 0 aliphatic carbocycles. The highest BCUT2D eigenvalue weighted by Gasteiger charge is 2.34. The first-order valence-electron chi connectivity index (χ1n) is 19.8. The van der Waals surface area contributed by atoms with E-state index in [1.54, 1.807) is 6.08 Å². The highest BCUT2D eigenvalue weighted by Crippen LogP contribution is 2.36. The van der Waals surface area contributed by atoms with Crippen LogP contribution < -0.4 is 9.91 Å². The highest BCUT2D eigenvalue weighted by atomic mass is 32.2. The number of hydrazone groups is 1. The Morgan fingerprint density at radius 2 is 1.36 bits per heavy atom. The Labute approximate surface area is 352 Å². The molecule has 0 saturated carbocycles. The molecule has 13 heteroatoms. The number of carbonyl (C=O) groups is 2. The lowest BCUT2D eigenvalue weighted by atomic mass is 10.1. The van der Waals surface area contributed by atoms with Crippen molar-refractivity contribution in [2.45, 2.75) is 71.6 Å². The average molecular weight is 841 g/mol. The van der Waals surface area contributed by atoms with Gasteiger partial charge >= 0.3 is 5.97 Å². The summed E-state index contributed by atoms with van der Waals surface area (Å²) in [7, 11) is -4.15. The number of amides is 1. The van der Waals surface area contributed by atoms with Crippen molar-refractivity contribution in [1.29, 1.82) is 0 Å². The number of hydrogen-bond acceptors (Lipinski definition) is 10. The Hall–Kier alpha value is -4.82. The number of thioether (sulfide) groups is 1. The van der Waals surface area contributed by atoms with Crippen LogP contribution in [0.4, 0.5) is 22.7 Å². The van der Waals surface area contributed by atoms with Crippen molar-refractivity contribution in [3.63, 3.8) is 0 Å². The van der Waals surface area contributed by atoms with E-state index in [-0.39, 0.29) is 17.3 Å². The van der Waals surface area contributed by atoms with Gasteiger partial charge in [0.2, 0.25) is 0 Å². The van der Waals surface area contributed by atoms with Gasteiger partial charge in [-0.15, -0.1) is 0 Å². The fourth-order valence-corrected chi connectivity index (χ4v) is 8.08. The summed E-state index contributed by atoms with van der Waals surface area (Å²) >= 11 is 6.47. The van der Waals surface area contributed by atoms with Crippen molar-refractivity contribution >= 4 is 85.3 Å². The monoisotopic (exact) mass is 840 g/mol. The zero-order chi connectivity index (χ0) is 41.3. The molecular weight excluding hydrogens is 789 g/mol. The maximum atomic E-state index is 13.2. The van der Waals surface area contributed by atoms with Gasteiger partial charge < -0.3 is 9.64 Å². The third-order valence-electron chi connectivity index (χ3n) is 9.49. The molecule has 0 radical (unpaired) electrons. The third-order valence-corrected chi connectivity index (χ3v) is 11.7. The summed E-state index contributed by atoms with van der Waals surface area (Å²) in [6.45, 7) is 4.57. The Morgan fingerprint density at radius 3 is 1.97 bits per heavy atom. The number of carbonyl (C=O) groups excluding carboxylic acids is 2. The van der Waals surface area contributed by atoms with E-state index in [4.69, 9.17) is 26.6 Å². The molecule has 0 unspecified atom stereocenters. The van der Waals surface area contributed by atoms with Crippen LogP contribution in [0.25, 0.3) is 6.08 Å². The summed E-state index contributed by atoms with van der Waals surface area (Å²) in [5, 5.41) is 7.02. The van der Waals surface area contributed by atoms with E-state index in [9.17, 15) is 18.0 Å². The minimum Gasteiger partial charge on any atom is -0.464 e. The minimum absolute atomic E-state index is 0.0616. The van der Waals surface area contributed by atoms with Crippen LogP contribution in [0.3, 0.4) is 0 Å². The second-order valence-corrected chi connectivity index (χ2v) is 17.4. The zero-order valence-corrected chi connectivity index (χ0v) is 35.6. The molecule has 1 amide bonds. The van der Waals surface area contributed by atoms with Gasteiger partial charge in [0.05, 0.1) is 29.2 Å². The molecular formula is C45H52N4O6S3. The maximum absolute atomic E-state index is 13.2. The molecule has 1 heterocycles. The van der Waals surface area contributed by atoms with E-state index in [2.05, 4.69) is 84.4 Å². The molecule has 0 atom stereocenters. The number of rotatable bonds is 22. The lowest BCUT2D eigenvalue weighted by Crippen LogP contribution is -2.34. The summed E-state index contributed by atoms with van der Waals surface area (Å²) in [6, 6.07) is 34.8. The van der Waals surface area contributed by atoms with Crippen molar-refractivity contribution in [1.82, 2.24) is 4.90 Å². The second kappa shape index (κ2) is 22.4. The number of anilines is 4. The summed E-state index contributed by atoms with van der Waals surface area (Å²) in [5.74, 6) is -1.67. The van der Waals surface area contributed by atoms with Crippen LogP contribution in [-0.2, 0) is 24.4 Å². The molecule has 306 valence electrons. The normalized spacial score (nSPS) is 13.8. The van der Waals surface area contributed by atoms with Gasteiger partial charge in [-0.2, -0.15) is 13.5 Å². The largest absolute Gasteiger partial charge is 0.464 e. The number of thiocarbonyl (C=S) groups is 1. The molecule has 0 bridgehead atoms. The predicted molar refractivity (Wildman–Crippen MR) is 242 cm³/mol. The molecule has 5 rings (SSSR count). The quantitative estimate of drug-likeness (QED) is 0.0156. The van der Waals surface area contributed by atoms with Crippen molar-refractivity contribution in [2.75, 3.05) is 35.4 Å². The fourth-order valence-electron chi connectivity index (χ4n) is 6.35. The van der Waals surface area contributed by atoms with Crippen LogP contribution in [0.1, 0.15) is 81.4 Å². The van der Waals surface area contributed by atoms with Gasteiger partial charge in [-0.05, 0) is 85.5 Å². The molecule has 58 heavy (non-hydrogen) atoms. The van der Waals surface area contributed by atoms with E-state index in [1.165, 1.54) is 44.9 Å². The molecule has 1 fully saturated rings. The first-order chi connectivity index (χ1) is 28.0. The van der Waals surface area contributed by atoms with Gasteiger partial charge in [0.25, 0.3) is 16.0 Å². The average Bonchev–Trinajstić information content (AvgIpc) is 3.47. The Kier molecular flexibility index (Phi) is 17.1. The van der Waals surface area contributed by atoms with E-state index in [1.807, 2.05) is 48.7 Å². The fraction of sp³-hybridized carbons (Fsp3) is 0.333. The first-order valence-corrected chi connectivity index (χ1v) is 22.6. The maximum Gasteiger partial charge on any atom is 0.326 e. The van der Waals surface area contributed by atoms with Gasteiger partial charge in [0.15, 0.2) is 0 Å². The summed E-state index contributed by atoms with van der Waals surface area (Å²) in [6.07, 6.45) is 13.7. The number of benzene rings is 4. The van der Waals surface area contributed by atoms with Crippen LogP contribution in [0.5, 0.6) is 0 Å². The van der Waals surface area contributed by atoms with Crippen LogP contribution in [0, 0.1) is 6.92 Å². The molecule has 1 N–H and O–H groups in total. The number of esters is 1. The molecule has 10 nitrogen and oxygen atoms in total. The van der Waals surface area contributed by atoms with Crippen LogP contribution in [0.2, 0.25) is 0 Å². The number of unbranched alkanes of at least 4 members (excludes halogenated alkanes) is 7. The van der Waals surface area contributed by atoms with Gasteiger partial charge in [-0.1, -0.05) is 136 Å². The minimum atomic E-state index is -4.15. The Morgan fingerprint density at radius 1 is 0.793 bits per heavy atom. The van der Waals surface area contributed by atoms with Crippen molar-refractivity contribution < 1.29 is 27.3 Å². The number of para-hydroxylation sites is 1. The lowest BCUT2D eigenvalue weighted by molar-refractivity contribution is -0.146.